The van der Waals surface area contributed by atoms with Gasteiger partial charge in [0.2, 0.25) is 5.91 Å². The molecule has 1 aromatic carbocycles. The number of halogens is 2. The van der Waals surface area contributed by atoms with Crippen LogP contribution in [-0.4, -0.2) is 37.4 Å². The largest absolute Gasteiger partial charge is 0.491 e. The van der Waals surface area contributed by atoms with Crippen LogP contribution < -0.4 is 15.8 Å². The lowest BCUT2D eigenvalue weighted by Crippen LogP contribution is -2.74. The van der Waals surface area contributed by atoms with Crippen molar-refractivity contribution in [1.29, 1.82) is 0 Å². The Labute approximate surface area is 148 Å². The first-order valence-corrected chi connectivity index (χ1v) is 7.86. The van der Waals surface area contributed by atoms with Crippen LogP contribution in [0.5, 0.6) is 5.75 Å². The number of nitrogens with two attached hydrogens (primary N) is 1. The minimum absolute atomic E-state index is 0. The van der Waals surface area contributed by atoms with Crippen LogP contribution in [0.4, 0.5) is 10.1 Å². The number of hydrogen-bond acceptors (Lipinski definition) is 4. The number of alkyl halides is 1. The van der Waals surface area contributed by atoms with E-state index in [4.69, 9.17) is 15.2 Å². The van der Waals surface area contributed by atoms with Crippen molar-refractivity contribution in [1.82, 2.24) is 0 Å². The second-order valence-electron chi connectivity index (χ2n) is 6.36. The molecule has 1 saturated carbocycles. The number of carbonyl (C=O) groups excluding carboxylic acids is 1. The van der Waals surface area contributed by atoms with Gasteiger partial charge in [-0.05, 0) is 19.1 Å². The van der Waals surface area contributed by atoms with E-state index in [9.17, 15) is 9.18 Å². The van der Waals surface area contributed by atoms with E-state index >= 15 is 0 Å². The third-order valence-electron chi connectivity index (χ3n) is 4.67. The maximum absolute atomic E-state index is 12.6. The molecule has 5 nitrogen and oxygen atoms in total. The molecular weight excluding hydrogens is 335 g/mol. The highest BCUT2D eigenvalue weighted by molar-refractivity contribution is 5.99. The summed E-state index contributed by atoms with van der Waals surface area (Å²) >= 11 is 0. The summed E-state index contributed by atoms with van der Waals surface area (Å²) in [7, 11) is 0. The van der Waals surface area contributed by atoms with Crippen molar-refractivity contribution in [3.8, 4) is 5.75 Å². The number of benzene rings is 1. The molecule has 1 aromatic rings. The highest BCUT2D eigenvalue weighted by Gasteiger charge is 2.62. The van der Waals surface area contributed by atoms with Gasteiger partial charge in [-0.2, -0.15) is 0 Å². The van der Waals surface area contributed by atoms with E-state index in [-0.39, 0.29) is 31.0 Å². The fourth-order valence-electron chi connectivity index (χ4n) is 2.88. The minimum Gasteiger partial charge on any atom is -0.491 e. The summed E-state index contributed by atoms with van der Waals surface area (Å²) in [5, 5.41) is 2.83. The Bertz CT molecular complexity index is 571. The monoisotopic (exact) mass is 360 g/mol. The Morgan fingerprint density at radius 1 is 1.46 bits per heavy atom. The first kappa shape index (κ1) is 20.7. The second-order valence-corrected chi connectivity index (χ2v) is 6.36. The van der Waals surface area contributed by atoms with E-state index < -0.39 is 17.6 Å². The third kappa shape index (κ3) is 3.82. The van der Waals surface area contributed by atoms with E-state index in [1.165, 1.54) is 0 Å². The van der Waals surface area contributed by atoms with Crippen molar-refractivity contribution in [2.75, 3.05) is 25.2 Å². The molecule has 1 fully saturated rings. The van der Waals surface area contributed by atoms with Crippen molar-refractivity contribution in [2.45, 2.75) is 38.8 Å². The quantitative estimate of drug-likeness (QED) is 0.784. The molecule has 0 aromatic heterocycles. The molecule has 2 unspecified atom stereocenters. The summed E-state index contributed by atoms with van der Waals surface area (Å²) in [4.78, 5) is 12.6. The summed E-state index contributed by atoms with van der Waals surface area (Å²) in [6.45, 7) is 5.83. The molecule has 3 N–H and O–H groups in total. The fraction of sp³-hybridized carbons (Fsp3) is 0.588. The first-order valence-electron chi connectivity index (χ1n) is 7.86. The summed E-state index contributed by atoms with van der Waals surface area (Å²) in [6, 6.07) is 6.85. The Balaban J connectivity index is 0.00000288. The second kappa shape index (κ2) is 8.14. The van der Waals surface area contributed by atoms with Crippen molar-refractivity contribution >= 4 is 24.0 Å². The van der Waals surface area contributed by atoms with E-state index in [1.54, 1.807) is 24.3 Å². The predicted octanol–water partition coefficient (Wildman–Crippen LogP) is 2.93. The normalized spacial score (nSPS) is 24.5. The molecule has 2 atom stereocenters. The molecular formula is C17H26ClFN2O3. The van der Waals surface area contributed by atoms with E-state index in [2.05, 4.69) is 5.32 Å². The van der Waals surface area contributed by atoms with Crippen molar-refractivity contribution in [3.05, 3.63) is 24.3 Å². The number of rotatable bonds is 7. The topological polar surface area (TPSA) is 73.6 Å². The molecule has 24 heavy (non-hydrogen) atoms. The van der Waals surface area contributed by atoms with E-state index in [0.29, 0.717) is 24.5 Å². The van der Waals surface area contributed by atoms with Crippen LogP contribution in [0.1, 0.15) is 27.2 Å². The van der Waals surface area contributed by atoms with Gasteiger partial charge in [0.1, 0.15) is 24.6 Å². The Morgan fingerprint density at radius 3 is 2.75 bits per heavy atom. The highest BCUT2D eigenvalue weighted by atomic mass is 35.5. The molecule has 0 spiro atoms. The molecule has 2 rings (SSSR count). The average Bonchev–Trinajstić information content (AvgIpc) is 2.52. The van der Waals surface area contributed by atoms with Gasteiger partial charge in [-0.25, -0.2) is 4.39 Å². The van der Waals surface area contributed by atoms with Crippen LogP contribution in [-0.2, 0) is 9.53 Å². The Morgan fingerprint density at radius 2 is 2.17 bits per heavy atom. The summed E-state index contributed by atoms with van der Waals surface area (Å²) in [6.07, 6.45) is 0.458. The van der Waals surface area contributed by atoms with Crippen LogP contribution in [0.15, 0.2) is 24.3 Å². The van der Waals surface area contributed by atoms with Gasteiger partial charge in [0.15, 0.2) is 0 Å². The van der Waals surface area contributed by atoms with Crippen LogP contribution in [0.2, 0.25) is 0 Å². The molecule has 1 aliphatic carbocycles. The Kier molecular flexibility index (Phi) is 7.01. The van der Waals surface area contributed by atoms with Crippen LogP contribution in [0, 0.1) is 5.41 Å². The summed E-state index contributed by atoms with van der Waals surface area (Å²) < 4.78 is 23.0. The number of ether oxygens (including phenoxy) is 2. The van der Waals surface area contributed by atoms with Crippen molar-refractivity contribution < 1.29 is 18.7 Å². The zero-order valence-electron chi connectivity index (χ0n) is 14.3. The van der Waals surface area contributed by atoms with E-state index in [0.717, 1.165) is 0 Å². The number of anilines is 1. The molecule has 1 aliphatic rings. The number of carbonyl (C=O) groups is 1. The molecule has 1 amide bonds. The smallest absolute Gasteiger partial charge is 0.245 e. The van der Waals surface area contributed by atoms with Crippen molar-refractivity contribution in [3.63, 3.8) is 0 Å². The molecule has 0 saturated heterocycles. The van der Waals surface area contributed by atoms with E-state index in [1.807, 2.05) is 20.8 Å². The Hall–Kier alpha value is -1.37. The van der Waals surface area contributed by atoms with Gasteiger partial charge in [0.25, 0.3) is 0 Å². The molecule has 0 aliphatic heterocycles. The van der Waals surface area contributed by atoms with Gasteiger partial charge in [-0.3, -0.25) is 4.79 Å². The van der Waals surface area contributed by atoms with Gasteiger partial charge in [-0.15, -0.1) is 12.4 Å². The number of nitrogens with one attached hydrogen (secondary N) is 1. The summed E-state index contributed by atoms with van der Waals surface area (Å²) in [5.74, 6) is 0.257. The molecule has 0 bridgehead atoms. The first-order chi connectivity index (χ1) is 10.8. The molecule has 0 heterocycles. The lowest BCUT2D eigenvalue weighted by Gasteiger charge is -2.57. The third-order valence-corrected chi connectivity index (χ3v) is 4.67. The van der Waals surface area contributed by atoms with Gasteiger partial charge >= 0.3 is 0 Å². The molecule has 7 heteroatoms. The lowest BCUT2D eigenvalue weighted by atomic mass is 9.54. The standard InChI is InChI=1S/C17H25FN2O3.ClH/c1-4-22-14-11-17(19,16(14,2)3)15(21)20-12-6-5-7-13(10-12)23-9-8-18;/h5-7,10,14H,4,8-9,11,19H2,1-3H3,(H,20,21);1H. The minimum atomic E-state index is -0.983. The maximum atomic E-state index is 12.6. The number of hydrogen-bond donors (Lipinski definition) is 2. The number of amides is 1. The predicted molar refractivity (Wildman–Crippen MR) is 94.5 cm³/mol. The zero-order chi connectivity index (χ0) is 17.1. The maximum Gasteiger partial charge on any atom is 0.245 e. The zero-order valence-corrected chi connectivity index (χ0v) is 15.1. The van der Waals surface area contributed by atoms with Crippen LogP contribution in [0.3, 0.4) is 0 Å². The molecule has 136 valence electrons. The van der Waals surface area contributed by atoms with Crippen LogP contribution in [0.25, 0.3) is 0 Å². The van der Waals surface area contributed by atoms with Gasteiger partial charge < -0.3 is 20.5 Å². The van der Waals surface area contributed by atoms with Gasteiger partial charge in [0, 0.05) is 30.2 Å². The van der Waals surface area contributed by atoms with Crippen molar-refractivity contribution in [2.24, 2.45) is 11.1 Å². The lowest BCUT2D eigenvalue weighted by molar-refractivity contribution is -0.166. The van der Waals surface area contributed by atoms with Crippen LogP contribution >= 0.6 is 12.4 Å². The van der Waals surface area contributed by atoms with Gasteiger partial charge in [-0.1, -0.05) is 19.9 Å². The summed E-state index contributed by atoms with van der Waals surface area (Å²) in [5.41, 5.74) is 5.48. The average molecular weight is 361 g/mol. The fourth-order valence-corrected chi connectivity index (χ4v) is 2.88. The molecule has 0 radical (unpaired) electrons. The van der Waals surface area contributed by atoms with Gasteiger partial charge in [0.05, 0.1) is 6.10 Å². The highest BCUT2D eigenvalue weighted by Crippen LogP contribution is 2.50. The SMILES string of the molecule is CCOC1CC(N)(C(=O)Nc2cccc(OCCF)c2)C1(C)C.Cl.